The lowest BCUT2D eigenvalue weighted by Gasteiger charge is -2.31. The van der Waals surface area contributed by atoms with Crippen LogP contribution in [-0.4, -0.2) is 36.6 Å². The number of hydrogen-bond donors (Lipinski definition) is 0. The lowest BCUT2D eigenvalue weighted by atomic mass is 10.1. The average molecular weight is 268 g/mol. The molecule has 0 aromatic carbocycles. The van der Waals surface area contributed by atoms with E-state index in [9.17, 15) is 4.79 Å². The first kappa shape index (κ1) is 13.5. The highest BCUT2D eigenvalue weighted by Crippen LogP contribution is 2.29. The summed E-state index contributed by atoms with van der Waals surface area (Å²) < 4.78 is 5.64. The van der Waals surface area contributed by atoms with E-state index in [4.69, 9.17) is 4.74 Å². The van der Waals surface area contributed by atoms with Crippen LogP contribution in [0.15, 0.2) is 0 Å². The Balaban J connectivity index is 2.01. The van der Waals surface area contributed by atoms with Crippen LogP contribution in [0.2, 0.25) is 0 Å². The lowest BCUT2D eigenvalue weighted by Crippen LogP contribution is -2.37. The Hall–Kier alpha value is -0.940. The number of aromatic nitrogens is 1. The highest BCUT2D eigenvalue weighted by atomic mass is 32.1. The zero-order valence-electron chi connectivity index (χ0n) is 11.2. The molecule has 4 nitrogen and oxygen atoms in total. The van der Waals surface area contributed by atoms with Crippen LogP contribution in [0.3, 0.4) is 0 Å². The molecule has 1 saturated heterocycles. The van der Waals surface area contributed by atoms with Gasteiger partial charge in [0.1, 0.15) is 0 Å². The monoisotopic (exact) mass is 268 g/mol. The van der Waals surface area contributed by atoms with Gasteiger partial charge in [0, 0.05) is 26.6 Å². The molecule has 5 heteroatoms. The van der Waals surface area contributed by atoms with Crippen LogP contribution in [0.5, 0.6) is 0 Å². The number of anilines is 1. The average Bonchev–Trinajstić information content (AvgIpc) is 2.73. The minimum absolute atomic E-state index is 0.112. The van der Waals surface area contributed by atoms with E-state index >= 15 is 0 Å². The summed E-state index contributed by atoms with van der Waals surface area (Å²) in [6.07, 6.45) is 2.48. The SMILES string of the molecule is CCOC1CCN(c2nc(C)c(C(C)=O)s2)CC1. The molecule has 0 amide bonds. The molecule has 0 unspecified atom stereocenters. The van der Waals surface area contributed by atoms with Crippen molar-refractivity contribution in [2.45, 2.75) is 39.7 Å². The summed E-state index contributed by atoms with van der Waals surface area (Å²) in [6.45, 7) is 8.27. The van der Waals surface area contributed by atoms with E-state index in [0.717, 1.165) is 48.2 Å². The summed E-state index contributed by atoms with van der Waals surface area (Å²) in [5, 5.41) is 0.979. The fourth-order valence-corrected chi connectivity index (χ4v) is 3.31. The van der Waals surface area contributed by atoms with E-state index in [0.29, 0.717) is 6.10 Å². The lowest BCUT2D eigenvalue weighted by molar-refractivity contribution is 0.0459. The third kappa shape index (κ3) is 2.90. The van der Waals surface area contributed by atoms with E-state index in [-0.39, 0.29) is 5.78 Å². The van der Waals surface area contributed by atoms with E-state index in [1.807, 2.05) is 13.8 Å². The van der Waals surface area contributed by atoms with Gasteiger partial charge in [0.05, 0.1) is 16.7 Å². The smallest absolute Gasteiger partial charge is 0.186 e. The van der Waals surface area contributed by atoms with Gasteiger partial charge in [-0.05, 0) is 26.7 Å². The summed E-state index contributed by atoms with van der Waals surface area (Å²) in [5.74, 6) is 0.112. The second-order valence-corrected chi connectivity index (χ2v) is 5.59. The number of aryl methyl sites for hydroxylation is 1. The minimum atomic E-state index is 0.112. The van der Waals surface area contributed by atoms with Crippen molar-refractivity contribution in [1.29, 1.82) is 0 Å². The standard InChI is InChI=1S/C13H20N2O2S/c1-4-17-11-5-7-15(8-6-11)13-14-9(2)12(18-13)10(3)16/h11H,4-8H2,1-3H3. The van der Waals surface area contributed by atoms with Gasteiger partial charge >= 0.3 is 0 Å². The number of ether oxygens (including phenoxy) is 1. The maximum absolute atomic E-state index is 11.4. The van der Waals surface area contributed by atoms with E-state index < -0.39 is 0 Å². The first-order valence-corrected chi connectivity index (χ1v) is 7.28. The van der Waals surface area contributed by atoms with Crippen LogP contribution < -0.4 is 4.90 Å². The predicted octanol–water partition coefficient (Wildman–Crippen LogP) is 2.66. The highest BCUT2D eigenvalue weighted by molar-refractivity contribution is 7.17. The topological polar surface area (TPSA) is 42.4 Å². The molecule has 0 atom stereocenters. The molecule has 0 saturated carbocycles. The zero-order chi connectivity index (χ0) is 13.1. The van der Waals surface area contributed by atoms with Gasteiger partial charge in [-0.15, -0.1) is 0 Å². The van der Waals surface area contributed by atoms with Gasteiger partial charge in [-0.25, -0.2) is 4.98 Å². The predicted molar refractivity (Wildman–Crippen MR) is 73.7 cm³/mol. The van der Waals surface area contributed by atoms with Gasteiger partial charge in [-0.2, -0.15) is 0 Å². The summed E-state index contributed by atoms with van der Waals surface area (Å²) in [4.78, 5) is 19.0. The second kappa shape index (κ2) is 5.80. The second-order valence-electron chi connectivity index (χ2n) is 4.61. The van der Waals surface area contributed by atoms with Crippen molar-refractivity contribution in [3.8, 4) is 0 Å². The first-order valence-electron chi connectivity index (χ1n) is 6.46. The number of piperidine rings is 1. The molecule has 1 aromatic rings. The zero-order valence-corrected chi connectivity index (χ0v) is 12.0. The van der Waals surface area contributed by atoms with Gasteiger partial charge in [-0.1, -0.05) is 11.3 Å². The molecule has 0 aliphatic carbocycles. The fourth-order valence-electron chi connectivity index (χ4n) is 2.29. The Morgan fingerprint density at radius 1 is 1.50 bits per heavy atom. The first-order chi connectivity index (χ1) is 8.61. The molecule has 1 fully saturated rings. The van der Waals surface area contributed by atoms with Crippen LogP contribution >= 0.6 is 11.3 Å². The molecule has 1 aliphatic heterocycles. The number of rotatable bonds is 4. The Labute approximate surface area is 112 Å². The molecule has 0 bridgehead atoms. The van der Waals surface area contributed by atoms with Gasteiger partial charge in [-0.3, -0.25) is 4.79 Å². The van der Waals surface area contributed by atoms with Gasteiger partial charge in [0.25, 0.3) is 0 Å². The molecule has 0 radical (unpaired) electrons. The van der Waals surface area contributed by atoms with Crippen LogP contribution in [0.25, 0.3) is 0 Å². The van der Waals surface area contributed by atoms with Crippen molar-refractivity contribution in [3.63, 3.8) is 0 Å². The van der Waals surface area contributed by atoms with Gasteiger partial charge in [0.2, 0.25) is 0 Å². The maximum Gasteiger partial charge on any atom is 0.186 e. The molecule has 0 N–H and O–H groups in total. The molecule has 2 rings (SSSR count). The van der Waals surface area contributed by atoms with Crippen LogP contribution in [0.1, 0.15) is 42.1 Å². The molecule has 0 spiro atoms. The van der Waals surface area contributed by atoms with Crippen molar-refractivity contribution < 1.29 is 9.53 Å². The molecular weight excluding hydrogens is 248 g/mol. The quantitative estimate of drug-likeness (QED) is 0.787. The highest BCUT2D eigenvalue weighted by Gasteiger charge is 2.22. The number of nitrogens with zero attached hydrogens (tertiary/aromatic N) is 2. The number of Topliss-reactive ketones (excluding diaryl/α,β-unsaturated/α-hetero) is 1. The summed E-state index contributed by atoms with van der Waals surface area (Å²) in [7, 11) is 0. The number of ketones is 1. The van der Waals surface area contributed by atoms with Crippen LogP contribution in [-0.2, 0) is 4.74 Å². The molecule has 2 heterocycles. The normalized spacial score (nSPS) is 17.2. The van der Waals surface area contributed by atoms with E-state index in [1.165, 1.54) is 11.3 Å². The van der Waals surface area contributed by atoms with Gasteiger partial charge in [0.15, 0.2) is 10.9 Å². The molecule has 100 valence electrons. The van der Waals surface area contributed by atoms with Crippen LogP contribution in [0, 0.1) is 6.92 Å². The molecular formula is C13H20N2O2S. The summed E-state index contributed by atoms with van der Waals surface area (Å²) >= 11 is 1.51. The van der Waals surface area contributed by atoms with E-state index in [2.05, 4.69) is 9.88 Å². The fraction of sp³-hybridized carbons (Fsp3) is 0.692. The Morgan fingerprint density at radius 3 is 2.67 bits per heavy atom. The Morgan fingerprint density at radius 2 is 2.17 bits per heavy atom. The van der Waals surface area contributed by atoms with Crippen molar-refractivity contribution in [2.75, 3.05) is 24.6 Å². The maximum atomic E-state index is 11.4. The summed E-state index contributed by atoms with van der Waals surface area (Å²) in [5.41, 5.74) is 0.856. The summed E-state index contributed by atoms with van der Waals surface area (Å²) in [6, 6.07) is 0. The molecule has 18 heavy (non-hydrogen) atoms. The number of carbonyl (C=O) groups excluding carboxylic acids is 1. The third-order valence-corrected chi connectivity index (χ3v) is 4.54. The molecule has 1 aromatic heterocycles. The number of thiazole rings is 1. The largest absolute Gasteiger partial charge is 0.378 e. The van der Waals surface area contributed by atoms with Gasteiger partial charge < -0.3 is 9.64 Å². The molecule has 1 aliphatic rings. The van der Waals surface area contributed by atoms with Crippen molar-refractivity contribution >= 4 is 22.3 Å². The van der Waals surface area contributed by atoms with Crippen molar-refractivity contribution in [2.24, 2.45) is 0 Å². The van der Waals surface area contributed by atoms with Crippen molar-refractivity contribution in [3.05, 3.63) is 10.6 Å². The Bertz CT molecular complexity index is 423. The number of hydrogen-bond acceptors (Lipinski definition) is 5. The van der Waals surface area contributed by atoms with Crippen LogP contribution in [0.4, 0.5) is 5.13 Å². The Kier molecular flexibility index (Phi) is 4.35. The number of carbonyl (C=O) groups is 1. The van der Waals surface area contributed by atoms with Crippen molar-refractivity contribution in [1.82, 2.24) is 4.98 Å². The minimum Gasteiger partial charge on any atom is -0.378 e. The van der Waals surface area contributed by atoms with E-state index in [1.54, 1.807) is 6.92 Å². The third-order valence-electron chi connectivity index (χ3n) is 3.22.